The van der Waals surface area contributed by atoms with Gasteiger partial charge in [-0.15, -0.1) is 5.10 Å². The minimum atomic E-state index is -2.66. The van der Waals surface area contributed by atoms with E-state index in [0.29, 0.717) is 17.9 Å². The highest BCUT2D eigenvalue weighted by Crippen LogP contribution is 2.34. The normalized spacial score (nSPS) is 21.4. The first kappa shape index (κ1) is 14.1. The van der Waals surface area contributed by atoms with E-state index in [1.165, 1.54) is 4.68 Å². The Morgan fingerprint density at radius 3 is 2.86 bits per heavy atom. The van der Waals surface area contributed by atoms with Gasteiger partial charge in [0.15, 0.2) is 0 Å². The first-order valence-electron chi connectivity index (χ1n) is 6.80. The van der Waals surface area contributed by atoms with Crippen LogP contribution in [0, 0.1) is 13.1 Å². The third-order valence-corrected chi connectivity index (χ3v) is 3.68. The molecule has 3 rings (SSSR count). The standard InChI is InChI=1S/C14H16F2N5/c1-9-11(10-5-14(15,16)8-17-6-10)3-4-12(18-9)13-7-21(2)20-19-13/h3-4,10,17H,5-6,8H2,1-2H3. The lowest BCUT2D eigenvalue weighted by molar-refractivity contribution is -0.0278. The molecule has 1 radical (unpaired) electrons. The number of hydrogen-bond acceptors (Lipinski definition) is 4. The minimum absolute atomic E-state index is 0.140. The van der Waals surface area contributed by atoms with E-state index >= 15 is 0 Å². The highest BCUT2D eigenvalue weighted by Gasteiger charge is 2.37. The van der Waals surface area contributed by atoms with Gasteiger partial charge in [-0.1, -0.05) is 11.3 Å². The summed E-state index contributed by atoms with van der Waals surface area (Å²) >= 11 is 0. The lowest BCUT2D eigenvalue weighted by Crippen LogP contribution is -2.43. The van der Waals surface area contributed by atoms with Crippen LogP contribution in [0.4, 0.5) is 8.78 Å². The van der Waals surface area contributed by atoms with Gasteiger partial charge in [0.05, 0.1) is 12.2 Å². The summed E-state index contributed by atoms with van der Waals surface area (Å²) in [5, 5.41) is 10.6. The summed E-state index contributed by atoms with van der Waals surface area (Å²) in [6.07, 6.45) is 2.79. The Morgan fingerprint density at radius 2 is 2.24 bits per heavy atom. The zero-order valence-corrected chi connectivity index (χ0v) is 11.9. The number of halogens is 2. The number of hydrogen-bond donors (Lipinski definition) is 1. The SMILES string of the molecule is Cc1nc(-c2[c]n(C)nn2)ccc1C1CNCC(F)(F)C1. The van der Waals surface area contributed by atoms with Gasteiger partial charge in [0, 0.05) is 31.6 Å². The Morgan fingerprint density at radius 1 is 1.43 bits per heavy atom. The van der Waals surface area contributed by atoms with Gasteiger partial charge >= 0.3 is 0 Å². The number of pyridine rings is 1. The van der Waals surface area contributed by atoms with Gasteiger partial charge in [0.2, 0.25) is 0 Å². The van der Waals surface area contributed by atoms with Gasteiger partial charge in [-0.3, -0.25) is 4.98 Å². The van der Waals surface area contributed by atoms with Gasteiger partial charge in [-0.25, -0.2) is 13.5 Å². The molecule has 0 amide bonds. The molecule has 111 valence electrons. The summed E-state index contributed by atoms with van der Waals surface area (Å²) in [5.74, 6) is -2.88. The minimum Gasteiger partial charge on any atom is -0.311 e. The molecule has 1 unspecified atom stereocenters. The number of aryl methyl sites for hydroxylation is 2. The van der Waals surface area contributed by atoms with Crippen LogP contribution in [0.3, 0.4) is 0 Å². The van der Waals surface area contributed by atoms with Crippen LogP contribution in [0.15, 0.2) is 12.1 Å². The van der Waals surface area contributed by atoms with Crippen molar-refractivity contribution in [3.8, 4) is 11.4 Å². The fraction of sp³-hybridized carbons (Fsp3) is 0.500. The Labute approximate surface area is 121 Å². The third-order valence-electron chi connectivity index (χ3n) is 3.68. The summed E-state index contributed by atoms with van der Waals surface area (Å²) in [6.45, 7) is 2.14. The maximum Gasteiger partial charge on any atom is 0.260 e. The van der Waals surface area contributed by atoms with Crippen molar-refractivity contribution in [2.45, 2.75) is 25.2 Å². The van der Waals surface area contributed by atoms with Gasteiger partial charge in [0.25, 0.3) is 5.92 Å². The van der Waals surface area contributed by atoms with Crippen molar-refractivity contribution in [3.63, 3.8) is 0 Å². The molecule has 0 aromatic carbocycles. The number of nitrogens with zero attached hydrogens (tertiary/aromatic N) is 4. The van der Waals surface area contributed by atoms with E-state index < -0.39 is 5.92 Å². The van der Waals surface area contributed by atoms with Crippen molar-refractivity contribution < 1.29 is 8.78 Å². The molecule has 2 aromatic rings. The number of piperidine rings is 1. The van der Waals surface area contributed by atoms with E-state index in [0.717, 1.165) is 11.3 Å². The van der Waals surface area contributed by atoms with Crippen LogP contribution in [-0.4, -0.2) is 39.0 Å². The lowest BCUT2D eigenvalue weighted by Gasteiger charge is -2.30. The van der Waals surface area contributed by atoms with Crippen LogP contribution in [0.5, 0.6) is 0 Å². The molecule has 7 heteroatoms. The summed E-state index contributed by atoms with van der Waals surface area (Å²) in [5.41, 5.74) is 2.81. The zero-order chi connectivity index (χ0) is 15.0. The molecule has 5 nitrogen and oxygen atoms in total. The topological polar surface area (TPSA) is 55.6 Å². The van der Waals surface area contributed by atoms with Gasteiger partial charge in [-0.05, 0) is 18.6 Å². The maximum absolute atomic E-state index is 13.5. The van der Waals surface area contributed by atoms with Crippen molar-refractivity contribution in [3.05, 3.63) is 29.6 Å². The zero-order valence-electron chi connectivity index (χ0n) is 11.9. The van der Waals surface area contributed by atoms with Crippen LogP contribution < -0.4 is 5.32 Å². The molecule has 1 saturated heterocycles. The van der Waals surface area contributed by atoms with Crippen molar-refractivity contribution in [1.82, 2.24) is 25.3 Å². The molecule has 0 saturated carbocycles. The average molecular weight is 292 g/mol. The molecule has 2 aromatic heterocycles. The molecule has 0 aliphatic carbocycles. The molecule has 3 heterocycles. The second kappa shape index (κ2) is 5.14. The van der Waals surface area contributed by atoms with E-state index in [-0.39, 0.29) is 18.9 Å². The van der Waals surface area contributed by atoms with Crippen LogP contribution in [0.1, 0.15) is 23.6 Å². The summed E-state index contributed by atoms with van der Waals surface area (Å²) in [7, 11) is 1.73. The first-order chi connectivity index (χ1) is 9.94. The maximum atomic E-state index is 13.5. The van der Waals surface area contributed by atoms with E-state index in [2.05, 4.69) is 26.8 Å². The second-order valence-corrected chi connectivity index (χ2v) is 5.43. The largest absolute Gasteiger partial charge is 0.311 e. The number of alkyl halides is 2. The Kier molecular flexibility index (Phi) is 3.44. The first-order valence-corrected chi connectivity index (χ1v) is 6.80. The van der Waals surface area contributed by atoms with Crippen molar-refractivity contribution >= 4 is 0 Å². The van der Waals surface area contributed by atoms with Crippen molar-refractivity contribution in [2.75, 3.05) is 13.1 Å². The third kappa shape index (κ3) is 2.92. The van der Waals surface area contributed by atoms with Gasteiger partial charge < -0.3 is 5.32 Å². The lowest BCUT2D eigenvalue weighted by atomic mass is 9.88. The summed E-state index contributed by atoms with van der Waals surface area (Å²) < 4.78 is 28.5. The number of rotatable bonds is 2. The molecule has 1 aliphatic heterocycles. The Balaban J connectivity index is 1.88. The molecule has 21 heavy (non-hydrogen) atoms. The Hall–Kier alpha value is -1.89. The fourth-order valence-corrected chi connectivity index (χ4v) is 2.71. The highest BCUT2D eigenvalue weighted by atomic mass is 19.3. The second-order valence-electron chi connectivity index (χ2n) is 5.43. The molecule has 0 bridgehead atoms. The molecule has 0 spiro atoms. The van der Waals surface area contributed by atoms with E-state index in [1.807, 2.05) is 13.0 Å². The predicted octanol–water partition coefficient (Wildman–Crippen LogP) is 1.70. The highest BCUT2D eigenvalue weighted by molar-refractivity contribution is 5.52. The quantitative estimate of drug-likeness (QED) is 0.915. The predicted molar refractivity (Wildman–Crippen MR) is 73.0 cm³/mol. The van der Waals surface area contributed by atoms with Crippen molar-refractivity contribution in [2.24, 2.45) is 7.05 Å². The van der Waals surface area contributed by atoms with Crippen LogP contribution in [0.2, 0.25) is 0 Å². The van der Waals surface area contributed by atoms with Gasteiger partial charge in [-0.2, -0.15) is 0 Å². The van der Waals surface area contributed by atoms with E-state index in [1.54, 1.807) is 13.1 Å². The van der Waals surface area contributed by atoms with E-state index in [9.17, 15) is 8.78 Å². The summed E-state index contributed by atoms with van der Waals surface area (Å²) in [6, 6.07) is 3.64. The van der Waals surface area contributed by atoms with Crippen molar-refractivity contribution in [1.29, 1.82) is 0 Å². The summed E-state index contributed by atoms with van der Waals surface area (Å²) in [4.78, 5) is 4.46. The van der Waals surface area contributed by atoms with Crippen LogP contribution in [0.25, 0.3) is 11.4 Å². The monoisotopic (exact) mass is 292 g/mol. The fourth-order valence-electron chi connectivity index (χ4n) is 2.71. The molecule has 1 atom stereocenters. The molecule has 1 fully saturated rings. The van der Waals surface area contributed by atoms with E-state index in [4.69, 9.17) is 0 Å². The smallest absolute Gasteiger partial charge is 0.260 e. The molecule has 1 N–H and O–H groups in total. The number of nitrogens with one attached hydrogen (secondary N) is 1. The molecule has 1 aliphatic rings. The van der Waals surface area contributed by atoms with Crippen LogP contribution >= 0.6 is 0 Å². The molecular formula is C14H16F2N5. The Bertz CT molecular complexity index is 653. The van der Waals surface area contributed by atoms with Gasteiger partial charge in [0.1, 0.15) is 11.9 Å². The number of aromatic nitrogens is 4. The molecular weight excluding hydrogens is 276 g/mol. The van der Waals surface area contributed by atoms with Crippen LogP contribution in [-0.2, 0) is 7.05 Å². The average Bonchev–Trinajstić information content (AvgIpc) is 2.84.